The van der Waals surface area contributed by atoms with Crippen molar-refractivity contribution in [2.24, 2.45) is 7.05 Å². The molecule has 0 spiro atoms. The standard InChI is InChI=1S/C14H9ClF5N3OS/c1-23-7-22-12-10(6-21-13(15)11(12)14(23)24)8-2-4-9(5-3-8)25(16,17,18,19)20/h2-7H,1H3. The molecule has 0 aliphatic carbocycles. The van der Waals surface area contributed by atoms with Gasteiger partial charge in [-0.3, -0.25) is 4.79 Å². The first-order chi connectivity index (χ1) is 11.3. The Hall–Kier alpha value is -2.20. The lowest BCUT2D eigenvalue weighted by atomic mass is 10.1. The molecule has 3 rings (SSSR count). The molecule has 11 heteroatoms. The van der Waals surface area contributed by atoms with Gasteiger partial charge in [-0.2, -0.15) is 0 Å². The summed E-state index contributed by atoms with van der Waals surface area (Å²) in [6.45, 7) is 0. The predicted molar refractivity (Wildman–Crippen MR) is 86.6 cm³/mol. The Morgan fingerprint density at radius 3 is 2.20 bits per heavy atom. The van der Waals surface area contributed by atoms with Gasteiger partial charge in [-0.25, -0.2) is 9.97 Å². The van der Waals surface area contributed by atoms with E-state index >= 15 is 0 Å². The zero-order chi connectivity index (χ0) is 18.7. The summed E-state index contributed by atoms with van der Waals surface area (Å²) in [5.41, 5.74) is -0.0394. The van der Waals surface area contributed by atoms with E-state index in [1.54, 1.807) is 0 Å². The van der Waals surface area contributed by atoms with Crippen molar-refractivity contribution in [3.8, 4) is 11.1 Å². The summed E-state index contributed by atoms with van der Waals surface area (Å²) in [4.78, 5) is 18.0. The highest BCUT2D eigenvalue weighted by molar-refractivity contribution is 8.45. The Morgan fingerprint density at radius 2 is 1.64 bits per heavy atom. The zero-order valence-electron chi connectivity index (χ0n) is 12.4. The van der Waals surface area contributed by atoms with Crippen LogP contribution in [0.1, 0.15) is 0 Å². The molecule has 0 atom stereocenters. The number of rotatable bonds is 2. The predicted octanol–water partition coefficient (Wildman–Crippen LogP) is 5.31. The zero-order valence-corrected chi connectivity index (χ0v) is 14.0. The van der Waals surface area contributed by atoms with Gasteiger partial charge in [0.05, 0.1) is 11.8 Å². The number of nitrogens with zero attached hydrogens (tertiary/aromatic N) is 3. The second kappa shape index (κ2) is 4.70. The van der Waals surface area contributed by atoms with Gasteiger partial charge in [-0.05, 0) is 17.7 Å². The summed E-state index contributed by atoms with van der Waals surface area (Å²) in [5, 5.41) is -0.128. The molecule has 0 N–H and O–H groups in total. The van der Waals surface area contributed by atoms with Crippen molar-refractivity contribution in [3.05, 3.63) is 52.3 Å². The van der Waals surface area contributed by atoms with Crippen LogP contribution in [-0.4, -0.2) is 14.5 Å². The molecule has 0 radical (unpaired) electrons. The number of aromatic nitrogens is 3. The molecule has 0 aliphatic rings. The summed E-state index contributed by atoms with van der Waals surface area (Å²) >= 11 is 5.91. The van der Waals surface area contributed by atoms with E-state index in [9.17, 15) is 24.2 Å². The van der Waals surface area contributed by atoms with Crippen LogP contribution in [0.3, 0.4) is 0 Å². The minimum atomic E-state index is -9.75. The molecule has 0 saturated carbocycles. The lowest BCUT2D eigenvalue weighted by molar-refractivity contribution is 0.364. The van der Waals surface area contributed by atoms with Crippen molar-refractivity contribution in [1.82, 2.24) is 14.5 Å². The van der Waals surface area contributed by atoms with Gasteiger partial charge in [0, 0.05) is 18.8 Å². The van der Waals surface area contributed by atoms with Crippen LogP contribution < -0.4 is 5.56 Å². The molecule has 0 fully saturated rings. The van der Waals surface area contributed by atoms with Gasteiger partial charge in [0.25, 0.3) is 5.56 Å². The van der Waals surface area contributed by atoms with Gasteiger partial charge in [-0.15, -0.1) is 0 Å². The topological polar surface area (TPSA) is 47.8 Å². The molecule has 2 heterocycles. The van der Waals surface area contributed by atoms with Crippen LogP contribution in [0.2, 0.25) is 5.15 Å². The smallest absolute Gasteiger partial charge is 0.302 e. The molecular formula is C14H9ClF5N3OS. The summed E-state index contributed by atoms with van der Waals surface area (Å²) in [6, 6.07) is 2.32. The second-order valence-electron chi connectivity index (χ2n) is 5.34. The fraction of sp³-hybridized carbons (Fsp3) is 0.0714. The van der Waals surface area contributed by atoms with E-state index in [0.717, 1.165) is 16.7 Å². The fourth-order valence-electron chi connectivity index (χ4n) is 2.28. The Balaban J connectivity index is 2.24. The average Bonchev–Trinajstić information content (AvgIpc) is 2.49. The average molecular weight is 398 g/mol. The molecule has 0 aliphatic heterocycles. The number of hydrogen-bond acceptors (Lipinski definition) is 3. The van der Waals surface area contributed by atoms with Crippen molar-refractivity contribution in [3.63, 3.8) is 0 Å². The molecule has 4 nitrogen and oxygen atoms in total. The molecular weight excluding hydrogens is 389 g/mol. The minimum Gasteiger partial charge on any atom is -0.302 e. The summed E-state index contributed by atoms with van der Waals surface area (Å²) in [5.74, 6) is 0. The number of fused-ring (bicyclic) bond motifs is 1. The Morgan fingerprint density at radius 1 is 1.04 bits per heavy atom. The number of pyridine rings is 1. The van der Waals surface area contributed by atoms with E-state index in [-0.39, 0.29) is 27.2 Å². The van der Waals surface area contributed by atoms with Gasteiger partial charge in [-0.1, -0.05) is 43.2 Å². The maximum absolute atomic E-state index is 12.8. The van der Waals surface area contributed by atoms with E-state index in [4.69, 9.17) is 11.6 Å². The van der Waals surface area contributed by atoms with E-state index in [0.29, 0.717) is 12.1 Å². The maximum atomic E-state index is 12.8. The number of hydrogen-bond donors (Lipinski definition) is 0. The summed E-state index contributed by atoms with van der Waals surface area (Å²) < 4.78 is 65.2. The largest absolute Gasteiger partial charge is 0.310 e. The van der Waals surface area contributed by atoms with Gasteiger partial charge >= 0.3 is 10.2 Å². The Kier molecular flexibility index (Phi) is 3.31. The van der Waals surface area contributed by atoms with Gasteiger partial charge < -0.3 is 4.57 Å². The number of aryl methyl sites for hydroxylation is 1. The highest BCUT2D eigenvalue weighted by atomic mass is 35.5. The van der Waals surface area contributed by atoms with Crippen LogP contribution in [-0.2, 0) is 7.05 Å². The van der Waals surface area contributed by atoms with Crippen molar-refractivity contribution >= 4 is 32.7 Å². The summed E-state index contributed by atoms with van der Waals surface area (Å²) in [7, 11) is -8.31. The van der Waals surface area contributed by atoms with Crippen LogP contribution >= 0.6 is 21.8 Å². The van der Waals surface area contributed by atoms with Crippen LogP contribution in [0.15, 0.2) is 46.5 Å². The molecule has 134 valence electrons. The molecule has 3 aromatic rings. The van der Waals surface area contributed by atoms with Gasteiger partial charge in [0.15, 0.2) is 0 Å². The van der Waals surface area contributed by atoms with Crippen molar-refractivity contribution in [1.29, 1.82) is 0 Å². The molecule has 0 bridgehead atoms. The van der Waals surface area contributed by atoms with Crippen LogP contribution in [0.4, 0.5) is 19.4 Å². The third kappa shape index (κ3) is 3.19. The third-order valence-corrected chi connectivity index (χ3v) is 4.96. The molecule has 1 aromatic carbocycles. The van der Waals surface area contributed by atoms with Crippen LogP contribution in [0.25, 0.3) is 22.0 Å². The highest BCUT2D eigenvalue weighted by Crippen LogP contribution is 3.02. The van der Waals surface area contributed by atoms with E-state index in [1.807, 2.05) is 0 Å². The monoisotopic (exact) mass is 397 g/mol. The molecule has 0 saturated heterocycles. The summed E-state index contributed by atoms with van der Waals surface area (Å²) in [6.07, 6.45) is 2.43. The lowest BCUT2D eigenvalue weighted by Crippen LogP contribution is -2.18. The third-order valence-electron chi connectivity index (χ3n) is 3.51. The van der Waals surface area contributed by atoms with Crippen LogP contribution in [0.5, 0.6) is 0 Å². The number of benzene rings is 1. The minimum absolute atomic E-state index is 0.0130. The molecule has 0 amide bonds. The molecule has 25 heavy (non-hydrogen) atoms. The van der Waals surface area contributed by atoms with E-state index in [2.05, 4.69) is 9.97 Å². The number of halogens is 6. The highest BCUT2D eigenvalue weighted by Gasteiger charge is 2.65. The first kappa shape index (κ1) is 17.6. The van der Waals surface area contributed by atoms with Gasteiger partial charge in [0.2, 0.25) is 0 Å². The Bertz CT molecular complexity index is 1070. The molecule has 2 aromatic heterocycles. The first-order valence-corrected chi connectivity index (χ1v) is 8.95. The first-order valence-electron chi connectivity index (χ1n) is 6.62. The fourth-order valence-corrected chi connectivity index (χ4v) is 3.15. The van der Waals surface area contributed by atoms with E-state index in [1.165, 1.54) is 19.6 Å². The van der Waals surface area contributed by atoms with E-state index < -0.39 is 20.7 Å². The SMILES string of the molecule is Cn1cnc2c(-c3ccc(S(F)(F)(F)(F)F)cc3)cnc(Cl)c2c1=O. The van der Waals surface area contributed by atoms with Gasteiger partial charge in [0.1, 0.15) is 15.4 Å². The van der Waals surface area contributed by atoms with Crippen molar-refractivity contribution < 1.29 is 19.4 Å². The maximum Gasteiger partial charge on any atom is 0.310 e. The van der Waals surface area contributed by atoms with Crippen molar-refractivity contribution in [2.75, 3.05) is 0 Å². The quantitative estimate of drug-likeness (QED) is 0.435. The second-order valence-corrected chi connectivity index (χ2v) is 8.11. The lowest BCUT2D eigenvalue weighted by Gasteiger charge is -2.40. The van der Waals surface area contributed by atoms with Crippen molar-refractivity contribution in [2.45, 2.75) is 4.90 Å². The normalized spacial score (nSPS) is 15.0. The molecule has 0 unspecified atom stereocenters. The Labute approximate surface area is 142 Å². The van der Waals surface area contributed by atoms with Crippen LogP contribution in [0, 0.1) is 0 Å².